The van der Waals surface area contributed by atoms with Crippen molar-refractivity contribution in [3.8, 4) is 11.5 Å². The third kappa shape index (κ3) is 3.87. The standard InChI is InChI=1S/C14H9Cl3O2/c15-10-2-1-3-12(8-10)19-11-6-4-9(5-7-11)13(18)14(16)17/h1-8,14H. The molecule has 0 heterocycles. The number of ketones is 1. The molecule has 0 amide bonds. The van der Waals surface area contributed by atoms with E-state index in [1.807, 2.05) is 0 Å². The Bertz CT molecular complexity index is 579. The summed E-state index contributed by atoms with van der Waals surface area (Å²) < 4.78 is 5.59. The fourth-order valence-corrected chi connectivity index (χ4v) is 1.91. The van der Waals surface area contributed by atoms with Gasteiger partial charge in [0, 0.05) is 10.6 Å². The van der Waals surface area contributed by atoms with E-state index in [1.165, 1.54) is 0 Å². The summed E-state index contributed by atoms with van der Waals surface area (Å²) in [7, 11) is 0. The molecule has 0 aliphatic carbocycles. The first-order chi connectivity index (χ1) is 9.06. The van der Waals surface area contributed by atoms with Crippen molar-refractivity contribution in [3.05, 3.63) is 59.1 Å². The van der Waals surface area contributed by atoms with Gasteiger partial charge < -0.3 is 4.74 Å². The smallest absolute Gasteiger partial charge is 0.195 e. The molecule has 0 aliphatic rings. The molecule has 0 saturated heterocycles. The third-order valence-electron chi connectivity index (χ3n) is 2.37. The Kier molecular flexibility index (Phi) is 4.70. The second kappa shape index (κ2) is 6.29. The first kappa shape index (κ1) is 14.2. The van der Waals surface area contributed by atoms with Gasteiger partial charge in [-0.1, -0.05) is 40.9 Å². The molecular formula is C14H9Cl3O2. The number of hydrogen-bond acceptors (Lipinski definition) is 2. The molecule has 0 spiro atoms. The molecule has 2 aromatic rings. The number of rotatable bonds is 4. The van der Waals surface area contributed by atoms with E-state index in [0.717, 1.165) is 0 Å². The van der Waals surface area contributed by atoms with Crippen molar-refractivity contribution in [1.82, 2.24) is 0 Å². The molecule has 0 atom stereocenters. The summed E-state index contributed by atoms with van der Waals surface area (Å²) in [6, 6.07) is 13.6. The van der Waals surface area contributed by atoms with Crippen molar-refractivity contribution in [2.24, 2.45) is 0 Å². The third-order valence-corrected chi connectivity index (χ3v) is 3.00. The molecule has 5 heteroatoms. The summed E-state index contributed by atoms with van der Waals surface area (Å²) in [5.74, 6) is 0.885. The Morgan fingerprint density at radius 2 is 1.68 bits per heavy atom. The van der Waals surface area contributed by atoms with Crippen molar-refractivity contribution in [1.29, 1.82) is 0 Å². The van der Waals surface area contributed by atoms with Crippen LogP contribution in [0.1, 0.15) is 10.4 Å². The Balaban J connectivity index is 2.13. The average molecular weight is 316 g/mol. The largest absolute Gasteiger partial charge is 0.457 e. The first-order valence-corrected chi connectivity index (χ1v) is 6.67. The van der Waals surface area contributed by atoms with Crippen LogP contribution in [0.5, 0.6) is 11.5 Å². The van der Waals surface area contributed by atoms with Crippen LogP contribution in [0.2, 0.25) is 5.02 Å². The zero-order valence-corrected chi connectivity index (χ0v) is 11.9. The van der Waals surface area contributed by atoms with E-state index >= 15 is 0 Å². The fourth-order valence-electron chi connectivity index (χ4n) is 1.48. The Labute approximate surface area is 125 Å². The van der Waals surface area contributed by atoms with E-state index in [0.29, 0.717) is 22.1 Å². The number of carbonyl (C=O) groups excluding carboxylic acids is 1. The molecule has 98 valence electrons. The maximum atomic E-state index is 11.5. The van der Waals surface area contributed by atoms with Crippen LogP contribution in [0.3, 0.4) is 0 Å². The molecule has 2 rings (SSSR count). The molecule has 0 aliphatic heterocycles. The van der Waals surface area contributed by atoms with Gasteiger partial charge >= 0.3 is 0 Å². The Hall–Kier alpha value is -1.22. The Morgan fingerprint density at radius 3 is 2.26 bits per heavy atom. The highest BCUT2D eigenvalue weighted by atomic mass is 35.5. The van der Waals surface area contributed by atoms with E-state index < -0.39 is 4.84 Å². The minimum absolute atomic E-state index is 0.336. The number of benzene rings is 2. The van der Waals surface area contributed by atoms with Crippen molar-refractivity contribution in [3.63, 3.8) is 0 Å². The van der Waals surface area contributed by atoms with E-state index in [1.54, 1.807) is 48.5 Å². The molecule has 0 aromatic heterocycles. The number of ether oxygens (including phenoxy) is 1. The number of halogens is 3. The number of hydrogen-bond donors (Lipinski definition) is 0. The SMILES string of the molecule is O=C(c1ccc(Oc2cccc(Cl)c2)cc1)C(Cl)Cl. The lowest BCUT2D eigenvalue weighted by Gasteiger charge is -2.07. The molecule has 2 aromatic carbocycles. The van der Waals surface area contributed by atoms with E-state index in [2.05, 4.69) is 0 Å². The summed E-state index contributed by atoms with van der Waals surface area (Å²) in [5, 5.41) is 0.594. The van der Waals surface area contributed by atoms with Gasteiger partial charge in [0.25, 0.3) is 0 Å². The van der Waals surface area contributed by atoms with Gasteiger partial charge in [-0.3, -0.25) is 4.79 Å². The lowest BCUT2D eigenvalue weighted by molar-refractivity contribution is 0.101. The summed E-state index contributed by atoms with van der Waals surface area (Å²) in [6.45, 7) is 0. The summed E-state index contributed by atoms with van der Waals surface area (Å²) in [6.07, 6.45) is 0. The molecule has 0 fully saturated rings. The van der Waals surface area contributed by atoms with Crippen LogP contribution in [0.4, 0.5) is 0 Å². The Morgan fingerprint density at radius 1 is 1.00 bits per heavy atom. The number of Topliss-reactive ketones (excluding diaryl/α,β-unsaturated/α-hetero) is 1. The number of carbonyl (C=O) groups is 1. The van der Waals surface area contributed by atoms with Gasteiger partial charge in [0.2, 0.25) is 0 Å². The predicted molar refractivity (Wildman–Crippen MR) is 77.8 cm³/mol. The second-order valence-corrected chi connectivity index (χ2v) is 5.28. The topological polar surface area (TPSA) is 26.3 Å². The van der Waals surface area contributed by atoms with E-state index in [9.17, 15) is 4.79 Å². The van der Waals surface area contributed by atoms with Gasteiger partial charge in [-0.05, 0) is 42.5 Å². The molecule has 0 saturated carbocycles. The molecule has 0 bridgehead atoms. The molecule has 0 N–H and O–H groups in total. The number of alkyl halides is 2. The molecule has 0 unspecified atom stereocenters. The van der Waals surface area contributed by atoms with Crippen molar-refractivity contribution in [2.45, 2.75) is 4.84 Å². The summed E-state index contributed by atoms with van der Waals surface area (Å²) in [5.41, 5.74) is 0.438. The lowest BCUT2D eigenvalue weighted by atomic mass is 10.1. The second-order valence-electron chi connectivity index (χ2n) is 3.75. The van der Waals surface area contributed by atoms with Gasteiger partial charge in [-0.2, -0.15) is 0 Å². The maximum absolute atomic E-state index is 11.5. The monoisotopic (exact) mass is 314 g/mol. The van der Waals surface area contributed by atoms with Gasteiger partial charge in [0.05, 0.1) is 0 Å². The average Bonchev–Trinajstić information content (AvgIpc) is 2.39. The van der Waals surface area contributed by atoms with Gasteiger partial charge in [0.1, 0.15) is 11.5 Å². The van der Waals surface area contributed by atoms with Crippen molar-refractivity contribution >= 4 is 40.6 Å². The molecular weight excluding hydrogens is 307 g/mol. The normalized spacial score (nSPS) is 10.5. The summed E-state index contributed by atoms with van der Waals surface area (Å²) >= 11 is 16.9. The van der Waals surface area contributed by atoms with Gasteiger partial charge in [-0.15, -0.1) is 0 Å². The molecule has 2 nitrogen and oxygen atoms in total. The van der Waals surface area contributed by atoms with Crippen LogP contribution in [-0.4, -0.2) is 10.6 Å². The van der Waals surface area contributed by atoms with Crippen LogP contribution in [0.15, 0.2) is 48.5 Å². The maximum Gasteiger partial charge on any atom is 0.195 e. The fraction of sp³-hybridized carbons (Fsp3) is 0.0714. The first-order valence-electron chi connectivity index (χ1n) is 5.42. The minimum Gasteiger partial charge on any atom is -0.457 e. The minimum atomic E-state index is -1.06. The highest BCUT2D eigenvalue weighted by molar-refractivity contribution is 6.55. The zero-order valence-electron chi connectivity index (χ0n) is 9.65. The zero-order chi connectivity index (χ0) is 13.8. The molecule has 19 heavy (non-hydrogen) atoms. The van der Waals surface area contributed by atoms with E-state index in [4.69, 9.17) is 39.5 Å². The van der Waals surface area contributed by atoms with Crippen molar-refractivity contribution in [2.75, 3.05) is 0 Å². The lowest BCUT2D eigenvalue weighted by Crippen LogP contribution is -2.07. The highest BCUT2D eigenvalue weighted by Gasteiger charge is 2.13. The van der Waals surface area contributed by atoms with Crippen LogP contribution >= 0.6 is 34.8 Å². The quantitative estimate of drug-likeness (QED) is 0.578. The van der Waals surface area contributed by atoms with Crippen LogP contribution in [-0.2, 0) is 0 Å². The van der Waals surface area contributed by atoms with Gasteiger partial charge in [-0.25, -0.2) is 0 Å². The summed E-state index contributed by atoms with van der Waals surface area (Å²) in [4.78, 5) is 10.5. The van der Waals surface area contributed by atoms with Crippen LogP contribution in [0.25, 0.3) is 0 Å². The van der Waals surface area contributed by atoms with Crippen molar-refractivity contribution < 1.29 is 9.53 Å². The van der Waals surface area contributed by atoms with Crippen LogP contribution < -0.4 is 4.74 Å². The molecule has 0 radical (unpaired) electrons. The highest BCUT2D eigenvalue weighted by Crippen LogP contribution is 2.24. The predicted octanol–water partition coefficient (Wildman–Crippen LogP) is 5.12. The van der Waals surface area contributed by atoms with Crippen LogP contribution in [0, 0.1) is 0 Å². The van der Waals surface area contributed by atoms with Gasteiger partial charge in [0.15, 0.2) is 10.6 Å². The van der Waals surface area contributed by atoms with E-state index in [-0.39, 0.29) is 5.78 Å².